The van der Waals surface area contributed by atoms with E-state index in [0.29, 0.717) is 12.1 Å². The van der Waals surface area contributed by atoms with E-state index in [1.54, 1.807) is 0 Å². The summed E-state index contributed by atoms with van der Waals surface area (Å²) in [5.74, 6) is -4.29. The first-order valence-corrected chi connectivity index (χ1v) is 5.26. The lowest BCUT2D eigenvalue weighted by Crippen LogP contribution is -1.95. The van der Waals surface area contributed by atoms with Crippen molar-refractivity contribution in [1.82, 2.24) is 0 Å². The largest absolute Gasteiger partial charge is 0.504 e. The molecule has 0 saturated heterocycles. The van der Waals surface area contributed by atoms with Crippen LogP contribution in [0.25, 0.3) is 0 Å². The first-order valence-electron chi connectivity index (χ1n) is 2.95. The number of phenols is 1. The van der Waals surface area contributed by atoms with Gasteiger partial charge in [0.1, 0.15) is 4.90 Å². The summed E-state index contributed by atoms with van der Waals surface area (Å²) in [6.45, 7) is 0. The minimum Gasteiger partial charge on any atom is -0.504 e. The van der Waals surface area contributed by atoms with Gasteiger partial charge in [-0.15, -0.1) is 0 Å². The average Bonchev–Trinajstić information content (AvgIpc) is 1.98. The third kappa shape index (κ3) is 1.89. The number of rotatable bonds is 1. The Morgan fingerprint density at radius 2 is 1.85 bits per heavy atom. The molecule has 72 valence electrons. The smallest absolute Gasteiger partial charge is 0.265 e. The van der Waals surface area contributed by atoms with Crippen molar-refractivity contribution in [1.29, 1.82) is 0 Å². The lowest BCUT2D eigenvalue weighted by molar-refractivity contribution is 0.394. The fourth-order valence-electron chi connectivity index (χ4n) is 0.719. The molecule has 0 saturated carbocycles. The summed E-state index contributed by atoms with van der Waals surface area (Å²) in [5.41, 5.74) is 0. The van der Waals surface area contributed by atoms with Gasteiger partial charge >= 0.3 is 0 Å². The van der Waals surface area contributed by atoms with Gasteiger partial charge in [-0.2, -0.15) is 4.39 Å². The second-order valence-corrected chi connectivity index (χ2v) is 4.68. The molecular formula is C6H3ClF2O3S. The van der Waals surface area contributed by atoms with Crippen molar-refractivity contribution in [3.8, 4) is 5.75 Å². The zero-order valence-corrected chi connectivity index (χ0v) is 7.53. The Kier molecular flexibility index (Phi) is 2.44. The fourth-order valence-corrected chi connectivity index (χ4v) is 1.64. The van der Waals surface area contributed by atoms with E-state index in [1.165, 1.54) is 0 Å². The highest BCUT2D eigenvalue weighted by Gasteiger charge is 2.20. The Morgan fingerprint density at radius 3 is 2.31 bits per heavy atom. The molecule has 0 amide bonds. The first kappa shape index (κ1) is 10.2. The topological polar surface area (TPSA) is 54.4 Å². The molecule has 3 nitrogen and oxygen atoms in total. The molecule has 1 aromatic carbocycles. The number of benzene rings is 1. The maximum absolute atomic E-state index is 12.6. The van der Waals surface area contributed by atoms with Crippen LogP contribution < -0.4 is 0 Å². The molecule has 1 N–H and O–H groups in total. The highest BCUT2D eigenvalue weighted by Crippen LogP contribution is 2.29. The SMILES string of the molecule is O=S(=O)(Cl)c1ccc(F)c(F)c1O. The van der Waals surface area contributed by atoms with Crippen LogP contribution in [0.15, 0.2) is 17.0 Å². The minimum absolute atomic E-state index is 0.560. The summed E-state index contributed by atoms with van der Waals surface area (Å²) >= 11 is 0. The van der Waals surface area contributed by atoms with Crippen LogP contribution in [0, 0.1) is 11.6 Å². The van der Waals surface area contributed by atoms with Crippen LogP contribution in [0.4, 0.5) is 8.78 Å². The van der Waals surface area contributed by atoms with Crippen molar-refractivity contribution in [2.75, 3.05) is 0 Å². The lowest BCUT2D eigenvalue weighted by atomic mass is 10.3. The zero-order valence-electron chi connectivity index (χ0n) is 5.96. The molecule has 0 spiro atoms. The molecule has 0 aliphatic carbocycles. The van der Waals surface area contributed by atoms with Gasteiger partial charge in [0, 0.05) is 10.7 Å². The molecule has 7 heteroatoms. The Balaban J connectivity index is 3.53. The third-order valence-corrected chi connectivity index (χ3v) is 2.65. The maximum Gasteiger partial charge on any atom is 0.265 e. The highest BCUT2D eigenvalue weighted by atomic mass is 35.7. The van der Waals surface area contributed by atoms with Gasteiger partial charge in [-0.3, -0.25) is 0 Å². The molecular weight excluding hydrogens is 226 g/mol. The molecule has 0 unspecified atom stereocenters. The predicted octanol–water partition coefficient (Wildman–Crippen LogP) is 1.60. The molecule has 1 aromatic rings. The number of halogens is 3. The number of hydrogen-bond acceptors (Lipinski definition) is 3. The van der Waals surface area contributed by atoms with E-state index in [4.69, 9.17) is 15.8 Å². The first-order chi connectivity index (χ1) is 5.84. The molecule has 0 heterocycles. The fraction of sp³-hybridized carbons (Fsp3) is 0. The average molecular weight is 229 g/mol. The monoisotopic (exact) mass is 228 g/mol. The second-order valence-electron chi connectivity index (χ2n) is 2.15. The standard InChI is InChI=1S/C6H3ClF2O3S/c7-13(11,12)4-2-1-3(8)5(9)6(4)10/h1-2,10H. The van der Waals surface area contributed by atoms with Crippen LogP contribution in [0.5, 0.6) is 5.75 Å². The van der Waals surface area contributed by atoms with Gasteiger partial charge in [-0.25, -0.2) is 12.8 Å². The Bertz CT molecular complexity index is 443. The van der Waals surface area contributed by atoms with Gasteiger partial charge < -0.3 is 5.11 Å². The van der Waals surface area contributed by atoms with Crippen molar-refractivity contribution in [2.45, 2.75) is 4.90 Å². The Hall–Kier alpha value is -0.880. The highest BCUT2D eigenvalue weighted by molar-refractivity contribution is 8.13. The molecule has 13 heavy (non-hydrogen) atoms. The molecule has 0 aromatic heterocycles. The quantitative estimate of drug-likeness (QED) is 0.743. The van der Waals surface area contributed by atoms with Crippen LogP contribution in [0.3, 0.4) is 0 Å². The summed E-state index contributed by atoms with van der Waals surface area (Å²) in [6, 6.07) is 1.24. The Morgan fingerprint density at radius 1 is 1.31 bits per heavy atom. The van der Waals surface area contributed by atoms with Gasteiger partial charge in [0.2, 0.25) is 5.82 Å². The van der Waals surface area contributed by atoms with Crippen LogP contribution in [0.2, 0.25) is 0 Å². The van der Waals surface area contributed by atoms with Crippen LogP contribution in [0.1, 0.15) is 0 Å². The van der Waals surface area contributed by atoms with Crippen LogP contribution >= 0.6 is 10.7 Å². The lowest BCUT2D eigenvalue weighted by Gasteiger charge is -2.01. The summed E-state index contributed by atoms with van der Waals surface area (Å²) in [4.78, 5) is -0.854. The van der Waals surface area contributed by atoms with Gasteiger partial charge in [0.05, 0.1) is 0 Å². The van der Waals surface area contributed by atoms with E-state index < -0.39 is 31.3 Å². The molecule has 0 radical (unpaired) electrons. The number of phenolic OH excluding ortho intramolecular Hbond substituents is 1. The van der Waals surface area contributed by atoms with Crippen LogP contribution in [-0.2, 0) is 9.05 Å². The van der Waals surface area contributed by atoms with E-state index >= 15 is 0 Å². The molecule has 0 bridgehead atoms. The second kappa shape index (κ2) is 3.12. The Labute approximate surface area is 77.0 Å². The molecule has 0 aliphatic heterocycles. The van der Waals surface area contributed by atoms with Gasteiger partial charge in [0.15, 0.2) is 11.6 Å². The van der Waals surface area contributed by atoms with E-state index in [2.05, 4.69) is 0 Å². The predicted molar refractivity (Wildman–Crippen MR) is 41.1 cm³/mol. The maximum atomic E-state index is 12.6. The minimum atomic E-state index is -4.26. The summed E-state index contributed by atoms with van der Waals surface area (Å²) in [6.07, 6.45) is 0. The van der Waals surface area contributed by atoms with Gasteiger partial charge in [-0.1, -0.05) is 0 Å². The molecule has 0 fully saturated rings. The van der Waals surface area contributed by atoms with Crippen LogP contribution in [-0.4, -0.2) is 13.5 Å². The number of aromatic hydroxyl groups is 1. The molecule has 0 aliphatic rings. The molecule has 0 atom stereocenters. The molecule has 1 rings (SSSR count). The normalized spacial score (nSPS) is 11.6. The summed E-state index contributed by atoms with van der Waals surface area (Å²) < 4.78 is 46.2. The van der Waals surface area contributed by atoms with Gasteiger partial charge in [0.25, 0.3) is 9.05 Å². The van der Waals surface area contributed by atoms with Crippen molar-refractivity contribution >= 4 is 19.7 Å². The van der Waals surface area contributed by atoms with Crippen molar-refractivity contribution < 1.29 is 22.3 Å². The third-order valence-electron chi connectivity index (χ3n) is 1.29. The van der Waals surface area contributed by atoms with Crippen molar-refractivity contribution in [3.63, 3.8) is 0 Å². The van der Waals surface area contributed by atoms with E-state index in [9.17, 15) is 17.2 Å². The van der Waals surface area contributed by atoms with Crippen molar-refractivity contribution in [3.05, 3.63) is 23.8 Å². The number of hydrogen-bond donors (Lipinski definition) is 1. The summed E-state index contributed by atoms with van der Waals surface area (Å²) in [5, 5.41) is 8.84. The van der Waals surface area contributed by atoms with Gasteiger partial charge in [-0.05, 0) is 12.1 Å². The van der Waals surface area contributed by atoms with E-state index in [-0.39, 0.29) is 0 Å². The van der Waals surface area contributed by atoms with E-state index in [0.717, 1.165) is 0 Å². The van der Waals surface area contributed by atoms with Crippen molar-refractivity contribution in [2.24, 2.45) is 0 Å². The zero-order chi connectivity index (χ0) is 10.2. The summed E-state index contributed by atoms with van der Waals surface area (Å²) in [7, 11) is 0.554. The van der Waals surface area contributed by atoms with E-state index in [1.807, 2.05) is 0 Å².